The molecule has 39 heavy (non-hydrogen) atoms. The topological polar surface area (TPSA) is 113 Å². The van der Waals surface area contributed by atoms with Gasteiger partial charge in [0.15, 0.2) is 0 Å². The molecule has 12 heteroatoms. The number of ether oxygens (including phenoxy) is 2. The van der Waals surface area contributed by atoms with Crippen LogP contribution in [-0.4, -0.2) is 71.9 Å². The zero-order valence-electron chi connectivity index (χ0n) is 21.3. The van der Waals surface area contributed by atoms with Crippen molar-refractivity contribution in [3.05, 3.63) is 63.5 Å². The van der Waals surface area contributed by atoms with Crippen molar-refractivity contribution in [2.75, 3.05) is 45.9 Å². The van der Waals surface area contributed by atoms with Crippen molar-refractivity contribution < 1.29 is 42.1 Å². The van der Waals surface area contributed by atoms with Gasteiger partial charge >= 0.3 is 12.1 Å². The highest BCUT2D eigenvalue weighted by atomic mass is 19.4. The van der Waals surface area contributed by atoms with E-state index in [0.29, 0.717) is 39.1 Å². The number of rotatable bonds is 9. The summed E-state index contributed by atoms with van der Waals surface area (Å²) in [6.07, 6.45) is -4.45. The van der Waals surface area contributed by atoms with E-state index in [2.05, 4.69) is 0 Å². The fourth-order valence-corrected chi connectivity index (χ4v) is 4.31. The zero-order valence-corrected chi connectivity index (χ0v) is 21.3. The molecule has 0 bridgehead atoms. The first-order valence-electron chi connectivity index (χ1n) is 12.5. The van der Waals surface area contributed by atoms with E-state index >= 15 is 0 Å². The number of nitrogens with zero attached hydrogens (tertiary/aromatic N) is 2. The lowest BCUT2D eigenvalue weighted by Gasteiger charge is -2.34. The number of phenolic OH excluding ortho intramolecular Hbond substituents is 1. The quantitative estimate of drug-likeness (QED) is 0.382. The smallest absolute Gasteiger partial charge is 0.453 e. The summed E-state index contributed by atoms with van der Waals surface area (Å²) in [5.41, 5.74) is -1.18. The molecule has 0 radical (unpaired) electrons. The second-order valence-electron chi connectivity index (χ2n) is 9.13. The molecule has 1 fully saturated rings. The van der Waals surface area contributed by atoms with Gasteiger partial charge in [0.2, 0.25) is 11.2 Å². The van der Waals surface area contributed by atoms with Gasteiger partial charge in [-0.1, -0.05) is 6.92 Å². The van der Waals surface area contributed by atoms with Gasteiger partial charge in [0.05, 0.1) is 29.7 Å². The van der Waals surface area contributed by atoms with Crippen LogP contribution >= 0.6 is 0 Å². The summed E-state index contributed by atoms with van der Waals surface area (Å²) in [7, 11) is 0. The number of aliphatic hydroxyl groups excluding tert-OH is 1. The number of hydrogen-bond acceptors (Lipinski definition) is 9. The molecule has 1 aliphatic rings. The van der Waals surface area contributed by atoms with E-state index in [0.717, 1.165) is 0 Å². The van der Waals surface area contributed by atoms with Crippen LogP contribution in [-0.2, 0) is 17.5 Å². The van der Waals surface area contributed by atoms with Crippen molar-refractivity contribution in [2.45, 2.75) is 26.1 Å². The van der Waals surface area contributed by atoms with Gasteiger partial charge in [-0.15, -0.1) is 0 Å². The molecule has 4 rings (SSSR count). The van der Waals surface area contributed by atoms with Crippen molar-refractivity contribution in [3.63, 3.8) is 0 Å². The lowest BCUT2D eigenvalue weighted by molar-refractivity contribution is -0.154. The van der Waals surface area contributed by atoms with E-state index in [-0.39, 0.29) is 53.4 Å². The summed E-state index contributed by atoms with van der Waals surface area (Å²) in [4.78, 5) is 29.2. The van der Waals surface area contributed by atoms with Crippen LogP contribution in [0.15, 0.2) is 45.6 Å². The molecule has 210 valence electrons. The molecule has 1 aliphatic heterocycles. The number of carbonyl (C=O) groups is 1. The maximum atomic E-state index is 14.1. The molecule has 3 aromatic rings. The number of halogens is 3. The largest absolute Gasteiger partial charge is 0.507 e. The number of benzene rings is 2. The Morgan fingerprint density at radius 2 is 1.72 bits per heavy atom. The minimum Gasteiger partial charge on any atom is -0.507 e. The molecule has 0 saturated carbocycles. The zero-order chi connectivity index (χ0) is 28.2. The highest BCUT2D eigenvalue weighted by Gasteiger charge is 2.41. The Balaban J connectivity index is 1.68. The highest BCUT2D eigenvalue weighted by molar-refractivity contribution is 5.89. The SMILES string of the molecule is CCCOC(=O)c1ccc(Oc2c(C(F)(F)F)oc3c(CN4CCN(CCO)CC4)c(O)ccc3c2=O)cc1. The maximum Gasteiger partial charge on any atom is 0.453 e. The number of esters is 1. The molecule has 9 nitrogen and oxygen atoms in total. The monoisotopic (exact) mass is 550 g/mol. The fraction of sp³-hybridized carbons (Fsp3) is 0.407. The third-order valence-electron chi connectivity index (χ3n) is 6.36. The van der Waals surface area contributed by atoms with E-state index in [4.69, 9.17) is 19.0 Å². The number of fused-ring (bicyclic) bond motifs is 1. The predicted molar refractivity (Wildman–Crippen MR) is 135 cm³/mol. The van der Waals surface area contributed by atoms with Crippen LogP contribution in [0.5, 0.6) is 17.2 Å². The molecule has 0 unspecified atom stereocenters. The number of β-amino-alcohol motifs (C(OH)–C–C–N with tert-alkyl or cyclic N) is 1. The Hall–Kier alpha value is -3.61. The van der Waals surface area contributed by atoms with Crippen molar-refractivity contribution in [1.82, 2.24) is 9.80 Å². The molecular weight excluding hydrogens is 521 g/mol. The number of aromatic hydroxyl groups is 1. The molecule has 0 amide bonds. The van der Waals surface area contributed by atoms with Crippen LogP contribution in [0.1, 0.15) is 35.0 Å². The molecule has 2 aromatic carbocycles. The Labute approximate surface area is 222 Å². The third kappa shape index (κ3) is 6.52. The molecule has 0 aliphatic carbocycles. The molecule has 1 saturated heterocycles. The lowest BCUT2D eigenvalue weighted by Crippen LogP contribution is -2.46. The average molecular weight is 551 g/mol. The Morgan fingerprint density at radius 1 is 1.05 bits per heavy atom. The van der Waals surface area contributed by atoms with Crippen LogP contribution in [0.25, 0.3) is 11.0 Å². The van der Waals surface area contributed by atoms with Gasteiger partial charge in [0.1, 0.15) is 17.1 Å². The number of piperazine rings is 1. The number of hydrogen-bond donors (Lipinski definition) is 2. The molecular formula is C27H29F3N2O7. The number of aliphatic hydroxyl groups is 1. The predicted octanol–water partition coefficient (Wildman–Crippen LogP) is 3.99. The lowest BCUT2D eigenvalue weighted by atomic mass is 10.1. The van der Waals surface area contributed by atoms with Gasteiger partial charge in [-0.05, 0) is 42.8 Å². The first kappa shape index (κ1) is 28.4. The average Bonchev–Trinajstić information content (AvgIpc) is 2.91. The van der Waals surface area contributed by atoms with Crippen molar-refractivity contribution >= 4 is 16.9 Å². The molecule has 2 N–H and O–H groups in total. The number of alkyl halides is 3. The van der Waals surface area contributed by atoms with Crippen LogP contribution in [0.4, 0.5) is 13.2 Å². The van der Waals surface area contributed by atoms with Gasteiger partial charge in [0, 0.05) is 39.3 Å². The maximum absolute atomic E-state index is 14.1. The van der Waals surface area contributed by atoms with Crippen LogP contribution in [0, 0.1) is 0 Å². The van der Waals surface area contributed by atoms with Crippen LogP contribution < -0.4 is 10.2 Å². The normalized spacial score (nSPS) is 15.0. The van der Waals surface area contributed by atoms with Gasteiger partial charge in [-0.25, -0.2) is 4.79 Å². The Morgan fingerprint density at radius 3 is 2.33 bits per heavy atom. The standard InChI is InChI=1S/C27H29F3N2O7/c1-2-15-37-26(36)17-3-5-18(6-4-17)38-24-22(35)19-7-8-21(34)20(23(19)39-25(24)27(28,29)30)16-32-11-9-31(10-12-32)13-14-33/h3-8,33-34H,2,9-16H2,1H3. The first-order chi connectivity index (χ1) is 18.6. The molecule has 1 aromatic heterocycles. The second kappa shape index (κ2) is 12.1. The van der Waals surface area contributed by atoms with Crippen molar-refractivity contribution in [2.24, 2.45) is 0 Å². The van der Waals surface area contributed by atoms with E-state index in [1.54, 1.807) is 0 Å². The minimum atomic E-state index is -5.08. The third-order valence-corrected chi connectivity index (χ3v) is 6.36. The summed E-state index contributed by atoms with van der Waals surface area (Å²) >= 11 is 0. The Kier molecular flexibility index (Phi) is 8.78. The summed E-state index contributed by atoms with van der Waals surface area (Å²) in [5.74, 6) is -3.68. The molecule has 2 heterocycles. The van der Waals surface area contributed by atoms with Gasteiger partial charge in [0.25, 0.3) is 5.76 Å². The fourth-order valence-electron chi connectivity index (χ4n) is 4.31. The van der Waals surface area contributed by atoms with Gasteiger partial charge in [-0.2, -0.15) is 13.2 Å². The van der Waals surface area contributed by atoms with E-state index in [1.165, 1.54) is 36.4 Å². The van der Waals surface area contributed by atoms with E-state index in [9.17, 15) is 27.9 Å². The minimum absolute atomic E-state index is 0.0233. The van der Waals surface area contributed by atoms with Crippen molar-refractivity contribution in [3.8, 4) is 17.2 Å². The summed E-state index contributed by atoms with van der Waals surface area (Å²) in [5, 5.41) is 19.4. The summed E-state index contributed by atoms with van der Waals surface area (Å²) in [6.45, 7) is 5.04. The van der Waals surface area contributed by atoms with Crippen LogP contribution in [0.3, 0.4) is 0 Å². The molecule has 0 spiro atoms. The van der Waals surface area contributed by atoms with Crippen molar-refractivity contribution in [1.29, 1.82) is 0 Å². The first-order valence-corrected chi connectivity index (χ1v) is 12.5. The number of carbonyl (C=O) groups excluding carboxylic acids is 1. The van der Waals surface area contributed by atoms with Gasteiger partial charge < -0.3 is 24.1 Å². The molecule has 0 atom stereocenters. The van der Waals surface area contributed by atoms with E-state index < -0.39 is 29.1 Å². The Bertz CT molecular complexity index is 1370. The number of phenols is 1. The van der Waals surface area contributed by atoms with Crippen LogP contribution in [0.2, 0.25) is 0 Å². The highest BCUT2D eigenvalue weighted by Crippen LogP contribution is 2.40. The van der Waals surface area contributed by atoms with Gasteiger partial charge in [-0.3, -0.25) is 14.6 Å². The summed E-state index contributed by atoms with van der Waals surface area (Å²) < 4.78 is 57.9. The summed E-state index contributed by atoms with van der Waals surface area (Å²) in [6, 6.07) is 7.58. The second-order valence-corrected chi connectivity index (χ2v) is 9.13. The van der Waals surface area contributed by atoms with E-state index in [1.807, 2.05) is 16.7 Å².